The number of H-pyrrole nitrogens is 1. The van der Waals surface area contributed by atoms with Crippen molar-refractivity contribution in [2.24, 2.45) is 0 Å². The van der Waals surface area contributed by atoms with Crippen molar-refractivity contribution in [2.75, 3.05) is 12.8 Å². The van der Waals surface area contributed by atoms with Gasteiger partial charge in [-0.3, -0.25) is 9.59 Å². The van der Waals surface area contributed by atoms with Gasteiger partial charge in [-0.1, -0.05) is 11.6 Å². The van der Waals surface area contributed by atoms with Crippen LogP contribution >= 0.6 is 22.9 Å². The molecule has 2 heterocycles. The summed E-state index contributed by atoms with van der Waals surface area (Å²) in [5.74, 6) is -0.996. The van der Waals surface area contributed by atoms with Gasteiger partial charge in [-0.25, -0.2) is 13.4 Å². The van der Waals surface area contributed by atoms with E-state index in [0.717, 1.165) is 0 Å². The van der Waals surface area contributed by atoms with Gasteiger partial charge in [-0.2, -0.15) is 0 Å². The zero-order valence-electron chi connectivity index (χ0n) is 13.6. The molecule has 1 aromatic carbocycles. The summed E-state index contributed by atoms with van der Waals surface area (Å²) in [6, 6.07) is 7.33. The zero-order chi connectivity index (χ0) is 18.9. The Morgan fingerprint density at radius 2 is 1.96 bits per heavy atom. The minimum atomic E-state index is -3.79. The van der Waals surface area contributed by atoms with Gasteiger partial charge in [-0.15, -0.1) is 11.3 Å². The van der Waals surface area contributed by atoms with Gasteiger partial charge in [0.15, 0.2) is 9.84 Å². The third-order valence-electron chi connectivity index (χ3n) is 3.66. The highest BCUT2D eigenvalue weighted by Gasteiger charge is 2.22. The number of rotatable bonds is 5. The van der Waals surface area contributed by atoms with Gasteiger partial charge >= 0.3 is 0 Å². The second-order valence-corrected chi connectivity index (χ2v) is 8.95. The normalized spacial score (nSPS) is 11.6. The average molecular weight is 412 g/mol. The van der Waals surface area contributed by atoms with Crippen molar-refractivity contribution in [3.63, 3.8) is 0 Å². The highest BCUT2D eigenvalue weighted by Crippen LogP contribution is 2.17. The number of amides is 1. The van der Waals surface area contributed by atoms with Crippen molar-refractivity contribution in [1.82, 2.24) is 14.9 Å². The molecule has 0 saturated carbocycles. The van der Waals surface area contributed by atoms with Crippen LogP contribution in [-0.2, 0) is 21.2 Å². The monoisotopic (exact) mass is 411 g/mol. The van der Waals surface area contributed by atoms with Crippen LogP contribution in [0.5, 0.6) is 0 Å². The van der Waals surface area contributed by atoms with Crippen LogP contribution in [0.15, 0.2) is 45.4 Å². The van der Waals surface area contributed by atoms with Crippen LogP contribution in [0.2, 0.25) is 5.02 Å². The van der Waals surface area contributed by atoms with E-state index >= 15 is 0 Å². The Kier molecular flexibility index (Phi) is 5.12. The number of carbonyl (C=O) groups excluding carboxylic acids is 1. The molecule has 0 spiro atoms. The first-order valence-corrected chi connectivity index (χ1v) is 10.4. The van der Waals surface area contributed by atoms with Crippen LogP contribution in [-0.4, -0.2) is 42.0 Å². The van der Waals surface area contributed by atoms with Crippen LogP contribution in [0.3, 0.4) is 0 Å². The Morgan fingerprint density at radius 1 is 1.27 bits per heavy atom. The maximum Gasteiger partial charge on any atom is 0.268 e. The summed E-state index contributed by atoms with van der Waals surface area (Å²) >= 11 is 7.03. The second kappa shape index (κ2) is 7.18. The number of halogens is 1. The SMILES string of the molecule is CN(Cc1nc2ccsc2c(=O)[nH]1)C(=O)CS(=O)(=O)c1ccc(Cl)cc1. The third kappa shape index (κ3) is 3.95. The number of nitrogens with one attached hydrogen (secondary N) is 1. The summed E-state index contributed by atoms with van der Waals surface area (Å²) < 4.78 is 25.2. The topological polar surface area (TPSA) is 100 Å². The molecule has 136 valence electrons. The lowest BCUT2D eigenvalue weighted by molar-refractivity contribution is -0.127. The lowest BCUT2D eigenvalue weighted by Gasteiger charge is -2.16. The number of fused-ring (bicyclic) bond motifs is 1. The number of hydrogen-bond donors (Lipinski definition) is 1. The zero-order valence-corrected chi connectivity index (χ0v) is 16.0. The van der Waals surface area contributed by atoms with E-state index in [2.05, 4.69) is 9.97 Å². The Labute approximate surface area is 158 Å². The van der Waals surface area contributed by atoms with E-state index in [1.807, 2.05) is 0 Å². The second-order valence-electron chi connectivity index (χ2n) is 5.61. The van der Waals surface area contributed by atoms with Gasteiger partial charge in [-0.05, 0) is 35.7 Å². The van der Waals surface area contributed by atoms with Gasteiger partial charge < -0.3 is 9.88 Å². The van der Waals surface area contributed by atoms with Gasteiger partial charge in [0.1, 0.15) is 16.3 Å². The Morgan fingerprint density at radius 3 is 2.65 bits per heavy atom. The van der Waals surface area contributed by atoms with Crippen molar-refractivity contribution in [3.8, 4) is 0 Å². The number of hydrogen-bond acceptors (Lipinski definition) is 6. The molecule has 0 saturated heterocycles. The summed E-state index contributed by atoms with van der Waals surface area (Å²) in [6.07, 6.45) is 0. The molecule has 0 fully saturated rings. The maximum atomic E-state index is 12.3. The quantitative estimate of drug-likeness (QED) is 0.692. The predicted molar refractivity (Wildman–Crippen MR) is 100 cm³/mol. The number of nitrogens with zero attached hydrogens (tertiary/aromatic N) is 2. The first kappa shape index (κ1) is 18.6. The van der Waals surface area contributed by atoms with E-state index in [0.29, 0.717) is 21.1 Å². The van der Waals surface area contributed by atoms with Crippen molar-refractivity contribution in [3.05, 3.63) is 56.9 Å². The Balaban J connectivity index is 1.74. The molecular formula is C16H14ClN3O4S2. The highest BCUT2D eigenvalue weighted by molar-refractivity contribution is 7.92. The van der Waals surface area contributed by atoms with Crippen LogP contribution in [0, 0.1) is 0 Å². The Hall–Kier alpha value is -2.23. The van der Waals surface area contributed by atoms with Gasteiger partial charge in [0.2, 0.25) is 5.91 Å². The number of thiophene rings is 1. The van der Waals surface area contributed by atoms with Crippen LogP contribution < -0.4 is 5.56 Å². The summed E-state index contributed by atoms with van der Waals surface area (Å²) in [5.41, 5.74) is 0.262. The molecule has 0 aliphatic carbocycles. The van der Waals surface area contributed by atoms with Crippen LogP contribution in [0.4, 0.5) is 0 Å². The number of aromatic amines is 1. The molecule has 0 aliphatic rings. The van der Waals surface area contributed by atoms with Crippen molar-refractivity contribution >= 4 is 48.9 Å². The molecule has 2 aromatic heterocycles. The molecule has 10 heteroatoms. The van der Waals surface area contributed by atoms with Crippen LogP contribution in [0.25, 0.3) is 10.2 Å². The maximum absolute atomic E-state index is 12.3. The van der Waals surface area contributed by atoms with E-state index in [9.17, 15) is 18.0 Å². The van der Waals surface area contributed by atoms with E-state index in [1.165, 1.54) is 47.5 Å². The molecule has 26 heavy (non-hydrogen) atoms. The highest BCUT2D eigenvalue weighted by atomic mass is 35.5. The summed E-state index contributed by atoms with van der Waals surface area (Å²) in [5, 5.41) is 2.16. The number of sulfone groups is 1. The molecular weight excluding hydrogens is 398 g/mol. The largest absolute Gasteiger partial charge is 0.337 e. The predicted octanol–water partition coefficient (Wildman–Crippen LogP) is 2.07. The smallest absolute Gasteiger partial charge is 0.268 e. The molecule has 0 radical (unpaired) electrons. The molecule has 0 aliphatic heterocycles. The van der Waals surface area contributed by atoms with Crippen molar-refractivity contribution < 1.29 is 13.2 Å². The lowest BCUT2D eigenvalue weighted by atomic mass is 10.4. The van der Waals surface area contributed by atoms with E-state index in [1.54, 1.807) is 11.4 Å². The Bertz CT molecular complexity index is 1120. The summed E-state index contributed by atoms with van der Waals surface area (Å²) in [4.78, 5) is 32.4. The number of carbonyl (C=O) groups is 1. The fourth-order valence-corrected chi connectivity index (χ4v) is 4.42. The van der Waals surface area contributed by atoms with Crippen molar-refractivity contribution in [2.45, 2.75) is 11.4 Å². The van der Waals surface area contributed by atoms with E-state index in [-0.39, 0.29) is 17.0 Å². The van der Waals surface area contributed by atoms with Crippen LogP contribution in [0.1, 0.15) is 5.82 Å². The van der Waals surface area contributed by atoms with Gasteiger partial charge in [0, 0.05) is 12.1 Å². The fourth-order valence-electron chi connectivity index (χ4n) is 2.31. The molecule has 1 amide bonds. The molecule has 7 nitrogen and oxygen atoms in total. The third-order valence-corrected chi connectivity index (χ3v) is 6.43. The average Bonchev–Trinajstić information content (AvgIpc) is 3.04. The summed E-state index contributed by atoms with van der Waals surface area (Å²) in [7, 11) is -2.33. The van der Waals surface area contributed by atoms with E-state index < -0.39 is 21.5 Å². The lowest BCUT2D eigenvalue weighted by Crippen LogP contribution is -2.33. The molecule has 0 atom stereocenters. The van der Waals surface area contributed by atoms with Gasteiger partial charge in [0.25, 0.3) is 5.56 Å². The molecule has 1 N–H and O–H groups in total. The minimum Gasteiger partial charge on any atom is -0.337 e. The van der Waals surface area contributed by atoms with E-state index in [4.69, 9.17) is 11.6 Å². The molecule has 0 bridgehead atoms. The van der Waals surface area contributed by atoms with Crippen molar-refractivity contribution in [1.29, 1.82) is 0 Å². The fraction of sp³-hybridized carbons (Fsp3) is 0.188. The molecule has 3 rings (SSSR count). The molecule has 3 aromatic rings. The first-order valence-electron chi connectivity index (χ1n) is 7.45. The summed E-state index contributed by atoms with van der Waals surface area (Å²) in [6.45, 7) is -0.00397. The standard InChI is InChI=1S/C16H14ClN3O4S2/c1-20(8-13-18-12-6-7-25-15(12)16(22)19-13)14(21)9-26(23,24)11-4-2-10(17)3-5-11/h2-7H,8-9H2,1H3,(H,18,19,22). The van der Waals surface area contributed by atoms with Gasteiger partial charge in [0.05, 0.1) is 17.0 Å². The minimum absolute atomic E-state index is 0.00397. The number of aromatic nitrogens is 2. The molecule has 0 unspecified atom stereocenters. The first-order chi connectivity index (χ1) is 12.3. The number of benzene rings is 1.